The van der Waals surface area contributed by atoms with E-state index in [1.54, 1.807) is 19.1 Å². The Labute approximate surface area is 134 Å². The SMILES string of the molecule is Cc1c(N)cc(Br)cc1S(=O)(=O)N1CC(C)OC(C)(C)C1. The van der Waals surface area contributed by atoms with E-state index in [-0.39, 0.29) is 11.0 Å². The fraction of sp³-hybridized carbons (Fsp3) is 0.571. The summed E-state index contributed by atoms with van der Waals surface area (Å²) in [6.07, 6.45) is -0.145. The molecular weight excluding hydrogens is 356 g/mol. The van der Waals surface area contributed by atoms with E-state index in [2.05, 4.69) is 15.9 Å². The van der Waals surface area contributed by atoms with Crippen molar-refractivity contribution in [2.45, 2.75) is 44.3 Å². The molecule has 0 amide bonds. The van der Waals surface area contributed by atoms with Crippen molar-refractivity contribution in [3.05, 3.63) is 22.2 Å². The summed E-state index contributed by atoms with van der Waals surface area (Å²) in [7, 11) is -3.60. The molecule has 2 rings (SSSR count). The summed E-state index contributed by atoms with van der Waals surface area (Å²) >= 11 is 3.31. The van der Waals surface area contributed by atoms with Crippen molar-refractivity contribution >= 4 is 31.6 Å². The van der Waals surface area contributed by atoms with Crippen LogP contribution >= 0.6 is 15.9 Å². The first-order valence-electron chi connectivity index (χ1n) is 6.76. The third kappa shape index (κ3) is 3.41. The standard InChI is InChI=1S/C14H21BrN2O3S/c1-9-7-17(8-14(3,4)20-9)21(18,19)13-6-11(15)5-12(16)10(13)2/h5-6,9H,7-8,16H2,1-4H3. The van der Waals surface area contributed by atoms with Crippen molar-refractivity contribution < 1.29 is 13.2 Å². The number of sulfonamides is 1. The molecule has 0 radical (unpaired) electrons. The lowest BCUT2D eigenvalue weighted by molar-refractivity contribution is -0.109. The fourth-order valence-corrected chi connectivity index (χ4v) is 5.23. The molecule has 1 saturated heterocycles. The summed E-state index contributed by atoms with van der Waals surface area (Å²) < 4.78 is 33.8. The molecule has 1 aliphatic rings. The number of morpholine rings is 1. The molecule has 5 nitrogen and oxygen atoms in total. The third-order valence-corrected chi connectivity index (χ3v) is 5.92. The Morgan fingerprint density at radius 1 is 1.43 bits per heavy atom. The number of nitrogens with two attached hydrogens (primary N) is 1. The summed E-state index contributed by atoms with van der Waals surface area (Å²) in [4.78, 5) is 0.249. The number of benzene rings is 1. The van der Waals surface area contributed by atoms with Gasteiger partial charge in [0.2, 0.25) is 10.0 Å². The van der Waals surface area contributed by atoms with Crippen LogP contribution in [-0.4, -0.2) is 37.5 Å². The molecule has 0 aromatic heterocycles. The topological polar surface area (TPSA) is 72.6 Å². The Morgan fingerprint density at radius 2 is 2.05 bits per heavy atom. The number of hydrogen-bond donors (Lipinski definition) is 1. The van der Waals surface area contributed by atoms with Gasteiger partial charge in [0, 0.05) is 23.2 Å². The quantitative estimate of drug-likeness (QED) is 0.804. The number of ether oxygens (including phenoxy) is 1. The minimum absolute atomic E-state index is 0.145. The van der Waals surface area contributed by atoms with Crippen LogP contribution in [0.2, 0.25) is 0 Å². The minimum atomic E-state index is -3.60. The van der Waals surface area contributed by atoms with E-state index in [4.69, 9.17) is 10.5 Å². The Balaban J connectivity index is 2.48. The predicted octanol–water partition coefficient (Wildman–Crippen LogP) is 2.53. The second-order valence-electron chi connectivity index (χ2n) is 6.10. The Bertz CT molecular complexity index is 658. The molecule has 2 N–H and O–H groups in total. The van der Waals surface area contributed by atoms with Crippen molar-refractivity contribution in [3.8, 4) is 0 Å². The number of halogens is 1. The van der Waals surface area contributed by atoms with Crippen LogP contribution in [-0.2, 0) is 14.8 Å². The van der Waals surface area contributed by atoms with E-state index in [1.165, 1.54) is 4.31 Å². The molecule has 0 aliphatic carbocycles. The number of anilines is 1. The van der Waals surface area contributed by atoms with Crippen LogP contribution in [0.4, 0.5) is 5.69 Å². The van der Waals surface area contributed by atoms with E-state index < -0.39 is 15.6 Å². The molecule has 1 aromatic rings. The molecule has 21 heavy (non-hydrogen) atoms. The van der Waals surface area contributed by atoms with Gasteiger partial charge in [-0.2, -0.15) is 4.31 Å². The van der Waals surface area contributed by atoms with E-state index in [0.29, 0.717) is 28.8 Å². The number of hydrogen-bond acceptors (Lipinski definition) is 4. The number of nitrogens with zero attached hydrogens (tertiary/aromatic N) is 1. The summed E-state index contributed by atoms with van der Waals surface area (Å²) in [5, 5.41) is 0. The molecule has 1 heterocycles. The van der Waals surface area contributed by atoms with Crippen LogP contribution in [0.3, 0.4) is 0 Å². The maximum Gasteiger partial charge on any atom is 0.243 e. The van der Waals surface area contributed by atoms with Crippen molar-refractivity contribution in [3.63, 3.8) is 0 Å². The second-order valence-corrected chi connectivity index (χ2v) is 8.93. The van der Waals surface area contributed by atoms with E-state index in [0.717, 1.165) is 0 Å². The highest BCUT2D eigenvalue weighted by Gasteiger charge is 2.38. The molecule has 0 bridgehead atoms. The van der Waals surface area contributed by atoms with Gasteiger partial charge in [-0.1, -0.05) is 15.9 Å². The first kappa shape index (κ1) is 16.7. The fourth-order valence-electron chi connectivity index (χ4n) is 2.66. The van der Waals surface area contributed by atoms with Gasteiger partial charge in [-0.25, -0.2) is 8.42 Å². The Kier molecular flexibility index (Phi) is 4.41. The van der Waals surface area contributed by atoms with Gasteiger partial charge in [0.25, 0.3) is 0 Å². The van der Waals surface area contributed by atoms with Crippen LogP contribution < -0.4 is 5.73 Å². The predicted molar refractivity (Wildman–Crippen MR) is 86.7 cm³/mol. The minimum Gasteiger partial charge on any atom is -0.398 e. The zero-order valence-corrected chi connectivity index (χ0v) is 15.1. The highest BCUT2D eigenvalue weighted by Crippen LogP contribution is 2.31. The van der Waals surface area contributed by atoms with Crippen LogP contribution in [0.25, 0.3) is 0 Å². The molecular formula is C14H21BrN2O3S. The van der Waals surface area contributed by atoms with Crippen molar-refractivity contribution in [1.82, 2.24) is 4.31 Å². The van der Waals surface area contributed by atoms with Gasteiger partial charge in [0.1, 0.15) is 0 Å². The first-order chi connectivity index (χ1) is 9.53. The van der Waals surface area contributed by atoms with Crippen molar-refractivity contribution in [2.24, 2.45) is 0 Å². The monoisotopic (exact) mass is 376 g/mol. The van der Waals surface area contributed by atoms with Gasteiger partial charge >= 0.3 is 0 Å². The largest absolute Gasteiger partial charge is 0.398 e. The second kappa shape index (κ2) is 5.53. The molecule has 7 heteroatoms. The first-order valence-corrected chi connectivity index (χ1v) is 9.00. The van der Waals surface area contributed by atoms with Crippen LogP contribution in [0.15, 0.2) is 21.5 Å². The number of rotatable bonds is 2. The lowest BCUT2D eigenvalue weighted by Crippen LogP contribution is -2.53. The van der Waals surface area contributed by atoms with Gasteiger partial charge in [0.15, 0.2) is 0 Å². The van der Waals surface area contributed by atoms with Crippen molar-refractivity contribution in [2.75, 3.05) is 18.8 Å². The van der Waals surface area contributed by atoms with Crippen LogP contribution in [0.5, 0.6) is 0 Å². The van der Waals surface area contributed by atoms with E-state index >= 15 is 0 Å². The van der Waals surface area contributed by atoms with Crippen LogP contribution in [0, 0.1) is 6.92 Å². The number of nitrogen functional groups attached to an aromatic ring is 1. The lowest BCUT2D eigenvalue weighted by Gasteiger charge is -2.41. The van der Waals surface area contributed by atoms with E-state index in [9.17, 15) is 8.42 Å². The Morgan fingerprint density at radius 3 is 2.62 bits per heavy atom. The molecule has 0 spiro atoms. The van der Waals surface area contributed by atoms with Gasteiger partial charge < -0.3 is 10.5 Å². The summed E-state index contributed by atoms with van der Waals surface area (Å²) in [5.74, 6) is 0. The molecule has 0 saturated carbocycles. The average molecular weight is 377 g/mol. The average Bonchev–Trinajstić information content (AvgIpc) is 2.31. The molecule has 118 valence electrons. The molecule has 1 aliphatic heterocycles. The molecule has 1 unspecified atom stereocenters. The smallest absolute Gasteiger partial charge is 0.243 e. The molecule has 1 fully saturated rings. The maximum atomic E-state index is 12.9. The summed E-state index contributed by atoms with van der Waals surface area (Å²) in [6, 6.07) is 3.31. The summed E-state index contributed by atoms with van der Waals surface area (Å²) in [6.45, 7) is 8.07. The lowest BCUT2D eigenvalue weighted by atomic mass is 10.1. The summed E-state index contributed by atoms with van der Waals surface area (Å²) in [5.41, 5.74) is 6.43. The van der Waals surface area contributed by atoms with Gasteiger partial charge in [-0.05, 0) is 45.4 Å². The van der Waals surface area contributed by atoms with Crippen LogP contribution in [0.1, 0.15) is 26.3 Å². The Hall–Kier alpha value is -0.630. The van der Waals surface area contributed by atoms with Crippen molar-refractivity contribution in [1.29, 1.82) is 0 Å². The van der Waals surface area contributed by atoms with E-state index in [1.807, 2.05) is 20.8 Å². The third-order valence-electron chi connectivity index (χ3n) is 3.52. The highest BCUT2D eigenvalue weighted by atomic mass is 79.9. The normalized spacial score (nSPS) is 23.2. The zero-order valence-electron chi connectivity index (χ0n) is 12.7. The molecule has 1 atom stereocenters. The van der Waals surface area contributed by atoms with Gasteiger partial charge in [0.05, 0.1) is 16.6 Å². The highest BCUT2D eigenvalue weighted by molar-refractivity contribution is 9.10. The molecule has 1 aromatic carbocycles. The maximum absolute atomic E-state index is 12.9. The zero-order chi connectivity index (χ0) is 16.0. The van der Waals surface area contributed by atoms with Gasteiger partial charge in [-0.3, -0.25) is 0 Å². The van der Waals surface area contributed by atoms with Gasteiger partial charge in [-0.15, -0.1) is 0 Å².